The molecule has 94 heavy (non-hydrogen) atoms. The molecular formula is C71H81FN18O4. The van der Waals surface area contributed by atoms with E-state index in [1.165, 1.54) is 10.9 Å². The second-order valence-corrected chi connectivity index (χ2v) is 25.5. The van der Waals surface area contributed by atoms with Gasteiger partial charge in [-0.2, -0.15) is 0 Å². The van der Waals surface area contributed by atoms with E-state index in [-0.39, 0.29) is 17.6 Å². The Hall–Kier alpha value is -10.3. The number of halogens is 1. The van der Waals surface area contributed by atoms with Crippen molar-refractivity contribution in [1.82, 2.24) is 73.6 Å². The molecule has 9 heterocycles. The summed E-state index contributed by atoms with van der Waals surface area (Å²) in [6.45, 7) is 5.94. The lowest BCUT2D eigenvalue weighted by molar-refractivity contribution is -0.119. The predicted molar refractivity (Wildman–Crippen MR) is 365 cm³/mol. The molecule has 3 fully saturated rings. The van der Waals surface area contributed by atoms with E-state index in [0.717, 1.165) is 188 Å². The van der Waals surface area contributed by atoms with Crippen LogP contribution in [0.4, 0.5) is 21.8 Å². The summed E-state index contributed by atoms with van der Waals surface area (Å²) in [5.74, 6) is 7.27. The molecule has 12 aromatic rings. The number of imidazole rings is 3. The molecule has 0 saturated heterocycles. The molecule has 15 rings (SSSR count). The highest BCUT2D eigenvalue weighted by Gasteiger charge is 2.32. The van der Waals surface area contributed by atoms with Crippen molar-refractivity contribution in [3.8, 4) is 39.8 Å². The number of nitrogen functional groups attached to an aromatic ring is 3. The molecular weight excluding hydrogens is 1190 g/mol. The number of H-pyrrole nitrogens is 2. The summed E-state index contributed by atoms with van der Waals surface area (Å²) in [4.78, 5) is 67.6. The number of fused-ring (bicyclic) bond motifs is 6. The van der Waals surface area contributed by atoms with Crippen LogP contribution in [-0.2, 0) is 27.9 Å². The molecule has 11 N–H and O–H groups in total. The molecule has 0 aliphatic heterocycles. The van der Waals surface area contributed by atoms with E-state index < -0.39 is 0 Å². The van der Waals surface area contributed by atoms with E-state index in [1.54, 1.807) is 43.3 Å². The van der Waals surface area contributed by atoms with Crippen LogP contribution in [0.2, 0.25) is 0 Å². The van der Waals surface area contributed by atoms with Gasteiger partial charge in [0, 0.05) is 122 Å². The maximum absolute atomic E-state index is 15.6. The Morgan fingerprint density at radius 1 is 0.585 bits per heavy atom. The summed E-state index contributed by atoms with van der Waals surface area (Å²) in [6, 6.07) is 22.2. The lowest BCUT2D eigenvalue weighted by Gasteiger charge is -2.27. The van der Waals surface area contributed by atoms with Crippen molar-refractivity contribution in [3.63, 3.8) is 0 Å². The number of aromatic amines is 2. The lowest BCUT2D eigenvalue weighted by Crippen LogP contribution is -2.29. The first kappa shape index (κ1) is 62.5. The SMILES string of the molecule is CC(=O)NCC1CCC(c2nc(-c3ccc4ccn(C)c4c3F)c3c(N)nccn23)CC1.CCc1cccc2cc(-c3nc(C4CCC(CNC=O)CC4)n4ccnc(N)c34)[nH]c12.COc1cccc2cc(-c3nc(C4CCC(CNC=O)CC4)n4ccnc(N)c34)[nH]c12. The summed E-state index contributed by atoms with van der Waals surface area (Å²) in [5, 5.41) is 11.7. The Morgan fingerprint density at radius 3 is 1.52 bits per heavy atom. The fourth-order valence-electron chi connectivity index (χ4n) is 14.9. The van der Waals surface area contributed by atoms with Crippen LogP contribution < -0.4 is 37.9 Å². The first-order chi connectivity index (χ1) is 45.8. The van der Waals surface area contributed by atoms with Gasteiger partial charge >= 0.3 is 0 Å². The van der Waals surface area contributed by atoms with Crippen molar-refractivity contribution >= 4 is 85.4 Å². The molecule has 22 nitrogen and oxygen atoms in total. The van der Waals surface area contributed by atoms with E-state index in [4.69, 9.17) is 36.9 Å². The number of nitrogens with two attached hydrogens (primary N) is 3. The van der Waals surface area contributed by atoms with Crippen molar-refractivity contribution in [2.24, 2.45) is 24.8 Å². The fourth-order valence-corrected chi connectivity index (χ4v) is 14.9. The number of hydrogen-bond donors (Lipinski definition) is 8. The van der Waals surface area contributed by atoms with Crippen molar-refractivity contribution < 1.29 is 23.5 Å². The maximum atomic E-state index is 15.6. The number of aryl methyl sites for hydroxylation is 2. The van der Waals surface area contributed by atoms with Crippen LogP contribution in [0.3, 0.4) is 0 Å². The Balaban J connectivity index is 0.000000128. The van der Waals surface area contributed by atoms with Crippen LogP contribution in [0, 0.1) is 23.6 Å². The van der Waals surface area contributed by atoms with Crippen molar-refractivity contribution in [2.75, 3.05) is 43.9 Å². The van der Waals surface area contributed by atoms with E-state index in [1.807, 2.05) is 66.6 Å². The highest BCUT2D eigenvalue weighted by molar-refractivity contribution is 5.96. The number of benzene rings is 3. The largest absolute Gasteiger partial charge is 0.495 e. The molecule has 3 aliphatic carbocycles. The molecule has 0 radical (unpaired) electrons. The van der Waals surface area contributed by atoms with Crippen LogP contribution in [0.25, 0.3) is 83.3 Å². The summed E-state index contributed by atoms with van der Waals surface area (Å²) >= 11 is 0. The fraction of sp³-hybridized carbons (Fsp3) is 0.366. The number of anilines is 3. The summed E-state index contributed by atoms with van der Waals surface area (Å²) in [7, 11) is 3.50. The Kier molecular flexibility index (Phi) is 18.0. The Bertz CT molecular complexity index is 4530. The zero-order valence-corrected chi connectivity index (χ0v) is 53.5. The van der Waals surface area contributed by atoms with Crippen LogP contribution >= 0.6 is 0 Å². The lowest BCUT2D eigenvalue weighted by atomic mass is 9.81. The van der Waals surface area contributed by atoms with Gasteiger partial charge in [-0.25, -0.2) is 34.3 Å². The molecule has 3 aromatic carbocycles. The molecule has 0 unspecified atom stereocenters. The molecule has 3 saturated carbocycles. The zero-order chi connectivity index (χ0) is 65.1. The quantitative estimate of drug-likeness (QED) is 0.0418. The van der Waals surface area contributed by atoms with Gasteiger partial charge in [-0.3, -0.25) is 27.6 Å². The molecule has 0 bridgehead atoms. The zero-order valence-electron chi connectivity index (χ0n) is 53.5. The Morgan fingerprint density at radius 2 is 1.04 bits per heavy atom. The smallest absolute Gasteiger partial charge is 0.216 e. The normalized spacial score (nSPS) is 19.0. The number of amides is 3. The number of para-hydroxylation sites is 2. The van der Waals surface area contributed by atoms with Crippen molar-refractivity contribution in [2.45, 2.75) is 115 Å². The maximum Gasteiger partial charge on any atom is 0.216 e. The number of aromatic nitrogens is 12. The number of carbonyl (C=O) groups excluding carboxylic acids is 3. The molecule has 23 heteroatoms. The number of ether oxygens (including phenoxy) is 1. The van der Waals surface area contributed by atoms with E-state index >= 15 is 4.39 Å². The van der Waals surface area contributed by atoms with Gasteiger partial charge in [-0.1, -0.05) is 43.3 Å². The number of nitrogens with one attached hydrogen (secondary N) is 5. The van der Waals surface area contributed by atoms with Gasteiger partial charge in [0.1, 0.15) is 74.3 Å². The molecule has 3 aliphatic rings. The second-order valence-electron chi connectivity index (χ2n) is 25.5. The van der Waals surface area contributed by atoms with E-state index in [2.05, 4.69) is 86.9 Å². The third kappa shape index (κ3) is 12.2. The van der Waals surface area contributed by atoms with Gasteiger partial charge in [-0.05, 0) is 137 Å². The summed E-state index contributed by atoms with van der Waals surface area (Å²) in [5.41, 5.74) is 29.7. The minimum Gasteiger partial charge on any atom is -0.495 e. The van der Waals surface area contributed by atoms with Crippen molar-refractivity contribution in [1.29, 1.82) is 0 Å². The summed E-state index contributed by atoms with van der Waals surface area (Å²) in [6.07, 6.45) is 27.8. The van der Waals surface area contributed by atoms with Crippen LogP contribution in [0.1, 0.15) is 132 Å². The third-order valence-corrected chi connectivity index (χ3v) is 19.8. The molecule has 0 spiro atoms. The number of methoxy groups -OCH3 is 1. The standard InChI is InChI=1S/C24H27FN6O.C24H28N6O.C23H26N6O2/c1-14(32)28-13-15-3-5-17(6-4-15)24-29-20(22-23(26)27-10-12-31(22)24)18-8-7-16-9-11-30(2)21(16)19(18)25;1-2-16-4-3-5-18-12-19(28-20(16)18)21-22-23(25)27-10-11-30(22)24(29-21)17-8-6-15(7-9-17)13-26-14-31;1-31-18-4-2-3-16-11-17(27-19(16)18)20-21-22(24)26-9-10-29(21)23(28-20)15-7-5-14(6-8-15)12-25-13-30/h7-12,15,17H,3-6,13H2,1-2H3,(H2,26,27)(H,28,32);3-5,10-12,14-15,17,28H,2,6-9,13H2,1H3,(H2,25,27)(H,26,31);2-4,9-11,13-15,27H,5-8,12H2,1H3,(H2,24,26)(H,25,30). The molecule has 0 atom stereocenters. The number of hydrogen-bond acceptors (Lipinski definition) is 13. The summed E-state index contributed by atoms with van der Waals surface area (Å²) < 4.78 is 29.1. The second kappa shape index (κ2) is 27.1. The topological polar surface area (TPSA) is 302 Å². The number of carbonyl (C=O) groups is 3. The van der Waals surface area contributed by atoms with Crippen LogP contribution in [0.5, 0.6) is 5.75 Å². The average Bonchev–Trinajstić information content (AvgIpc) is 1.61. The predicted octanol–water partition coefficient (Wildman–Crippen LogP) is 11.5. The monoisotopic (exact) mass is 1270 g/mol. The third-order valence-electron chi connectivity index (χ3n) is 19.8. The minimum atomic E-state index is -0.302. The minimum absolute atomic E-state index is 0.0104. The highest BCUT2D eigenvalue weighted by atomic mass is 19.1. The Labute approximate surface area is 542 Å². The number of nitrogens with zero attached hydrogens (tertiary/aromatic N) is 10. The molecule has 486 valence electrons. The van der Waals surface area contributed by atoms with E-state index in [0.29, 0.717) is 75.9 Å². The van der Waals surface area contributed by atoms with Gasteiger partial charge in [0.25, 0.3) is 0 Å². The van der Waals surface area contributed by atoms with Gasteiger partial charge in [0.05, 0.1) is 29.5 Å². The molecule has 9 aromatic heterocycles. The van der Waals surface area contributed by atoms with Gasteiger partial charge < -0.3 is 52.4 Å². The average molecular weight is 1270 g/mol. The first-order valence-corrected chi connectivity index (χ1v) is 32.8. The van der Waals surface area contributed by atoms with Crippen LogP contribution in [-0.4, -0.2) is 103 Å². The highest BCUT2D eigenvalue weighted by Crippen LogP contribution is 2.43. The van der Waals surface area contributed by atoms with Gasteiger partial charge in [0.2, 0.25) is 18.7 Å². The van der Waals surface area contributed by atoms with Crippen LogP contribution in [0.15, 0.2) is 110 Å². The van der Waals surface area contributed by atoms with Gasteiger partial charge in [0.15, 0.2) is 5.82 Å². The van der Waals surface area contributed by atoms with E-state index in [9.17, 15) is 14.4 Å². The van der Waals surface area contributed by atoms with Gasteiger partial charge in [-0.15, -0.1) is 0 Å². The van der Waals surface area contributed by atoms with Crippen molar-refractivity contribution in [3.05, 3.63) is 139 Å². The molecule has 3 amide bonds. The first-order valence-electron chi connectivity index (χ1n) is 32.8. The number of rotatable bonds is 16.